The first kappa shape index (κ1) is 14.2. The number of hydrogen-bond acceptors (Lipinski definition) is 4. The first-order valence-corrected chi connectivity index (χ1v) is 6.30. The van der Waals surface area contributed by atoms with Gasteiger partial charge in [-0.05, 0) is 24.8 Å². The summed E-state index contributed by atoms with van der Waals surface area (Å²) in [5.74, 6) is 6.03. The van der Waals surface area contributed by atoms with Gasteiger partial charge in [0, 0.05) is 18.8 Å². The zero-order chi connectivity index (χ0) is 13.7. The Morgan fingerprint density at radius 1 is 1.26 bits per heavy atom. The van der Waals surface area contributed by atoms with Crippen LogP contribution in [-0.2, 0) is 4.74 Å². The van der Waals surface area contributed by atoms with Crippen molar-refractivity contribution < 1.29 is 18.3 Å². The zero-order valence-corrected chi connectivity index (χ0v) is 10.5. The molecule has 1 atom stereocenters. The molecule has 4 nitrogen and oxygen atoms in total. The maximum Gasteiger partial charge on any atom is 0.387 e. The van der Waals surface area contributed by atoms with Crippen LogP contribution >= 0.6 is 0 Å². The van der Waals surface area contributed by atoms with Gasteiger partial charge in [-0.25, -0.2) is 0 Å². The molecule has 106 valence electrons. The lowest BCUT2D eigenvalue weighted by atomic mass is 9.87. The Morgan fingerprint density at radius 3 is 2.58 bits per heavy atom. The van der Waals surface area contributed by atoms with E-state index in [0.717, 1.165) is 12.8 Å². The van der Waals surface area contributed by atoms with E-state index in [2.05, 4.69) is 10.2 Å². The molecule has 0 bridgehead atoms. The van der Waals surface area contributed by atoms with Gasteiger partial charge >= 0.3 is 6.61 Å². The molecule has 0 saturated carbocycles. The highest BCUT2D eigenvalue weighted by molar-refractivity contribution is 5.36. The molecular formula is C13H18F2N2O2. The van der Waals surface area contributed by atoms with E-state index in [1.165, 1.54) is 6.07 Å². The molecule has 3 N–H and O–H groups in total. The summed E-state index contributed by atoms with van der Waals surface area (Å²) in [5.41, 5.74) is 3.39. The second-order valence-electron chi connectivity index (χ2n) is 4.51. The predicted molar refractivity (Wildman–Crippen MR) is 66.7 cm³/mol. The van der Waals surface area contributed by atoms with Crippen molar-refractivity contribution in [3.63, 3.8) is 0 Å². The molecule has 2 rings (SSSR count). The van der Waals surface area contributed by atoms with Gasteiger partial charge in [-0.2, -0.15) is 8.78 Å². The number of alkyl halides is 2. The molecule has 0 radical (unpaired) electrons. The van der Waals surface area contributed by atoms with Crippen molar-refractivity contribution in [2.45, 2.75) is 25.5 Å². The molecule has 0 spiro atoms. The Kier molecular flexibility index (Phi) is 5.07. The molecule has 0 aliphatic carbocycles. The van der Waals surface area contributed by atoms with Crippen molar-refractivity contribution in [3.8, 4) is 5.75 Å². The highest BCUT2D eigenvalue weighted by atomic mass is 19.3. The molecule has 0 amide bonds. The Balaban J connectivity index is 2.21. The third-order valence-corrected chi connectivity index (χ3v) is 3.39. The van der Waals surface area contributed by atoms with Crippen molar-refractivity contribution in [1.29, 1.82) is 0 Å². The van der Waals surface area contributed by atoms with Crippen LogP contribution in [0.1, 0.15) is 24.4 Å². The number of nitrogens with two attached hydrogens (primary N) is 1. The number of hydrogen-bond donors (Lipinski definition) is 2. The second-order valence-corrected chi connectivity index (χ2v) is 4.51. The lowest BCUT2D eigenvalue weighted by molar-refractivity contribution is -0.0511. The lowest BCUT2D eigenvalue weighted by Crippen LogP contribution is -2.36. The minimum atomic E-state index is -2.84. The molecule has 1 aromatic rings. The van der Waals surface area contributed by atoms with E-state index >= 15 is 0 Å². The van der Waals surface area contributed by atoms with Crippen LogP contribution < -0.4 is 16.0 Å². The minimum Gasteiger partial charge on any atom is -0.434 e. The van der Waals surface area contributed by atoms with Gasteiger partial charge in [-0.1, -0.05) is 18.2 Å². The average Bonchev–Trinajstić information content (AvgIpc) is 2.42. The van der Waals surface area contributed by atoms with Crippen LogP contribution in [0.5, 0.6) is 5.75 Å². The van der Waals surface area contributed by atoms with Crippen molar-refractivity contribution in [1.82, 2.24) is 5.43 Å². The molecule has 1 unspecified atom stereocenters. The first-order valence-electron chi connectivity index (χ1n) is 6.30. The number of hydrazine groups is 1. The fourth-order valence-corrected chi connectivity index (χ4v) is 2.47. The number of halogens is 2. The molecule has 1 aliphatic heterocycles. The topological polar surface area (TPSA) is 56.5 Å². The zero-order valence-electron chi connectivity index (χ0n) is 10.5. The number of rotatable bonds is 5. The highest BCUT2D eigenvalue weighted by Gasteiger charge is 2.27. The van der Waals surface area contributed by atoms with Gasteiger partial charge in [-0.3, -0.25) is 11.3 Å². The fourth-order valence-electron chi connectivity index (χ4n) is 2.47. The molecule has 1 fully saturated rings. The standard InChI is InChI=1S/C13H18F2N2O2/c14-13(15)19-11-4-2-1-3-10(11)12(17-16)9-5-7-18-8-6-9/h1-4,9,12-13,17H,5-8,16H2. The summed E-state index contributed by atoms with van der Waals surface area (Å²) in [6.07, 6.45) is 1.69. The summed E-state index contributed by atoms with van der Waals surface area (Å²) in [6, 6.07) is 6.54. The Bertz CT molecular complexity index is 398. The largest absolute Gasteiger partial charge is 0.434 e. The molecule has 6 heteroatoms. The van der Waals surface area contributed by atoms with E-state index in [-0.39, 0.29) is 17.7 Å². The number of benzene rings is 1. The maximum absolute atomic E-state index is 12.4. The van der Waals surface area contributed by atoms with Crippen LogP contribution in [0.2, 0.25) is 0 Å². The maximum atomic E-state index is 12.4. The van der Waals surface area contributed by atoms with Gasteiger partial charge in [-0.15, -0.1) is 0 Å². The molecule has 0 aromatic heterocycles. The predicted octanol–water partition coefficient (Wildman–Crippen LogP) is 2.22. The Hall–Kier alpha value is -1.24. The quantitative estimate of drug-likeness (QED) is 0.637. The number of para-hydroxylation sites is 1. The molecule has 19 heavy (non-hydrogen) atoms. The van der Waals surface area contributed by atoms with E-state index in [9.17, 15) is 8.78 Å². The fraction of sp³-hybridized carbons (Fsp3) is 0.538. The van der Waals surface area contributed by atoms with Crippen LogP contribution in [0.4, 0.5) is 8.78 Å². The van der Waals surface area contributed by atoms with Crippen molar-refractivity contribution >= 4 is 0 Å². The van der Waals surface area contributed by atoms with Crippen LogP contribution in [0.25, 0.3) is 0 Å². The smallest absolute Gasteiger partial charge is 0.387 e. The molecule has 1 aliphatic rings. The molecule has 1 heterocycles. The Labute approximate surface area is 110 Å². The lowest BCUT2D eigenvalue weighted by Gasteiger charge is -2.31. The minimum absolute atomic E-state index is 0.173. The van der Waals surface area contributed by atoms with Gasteiger partial charge in [0.2, 0.25) is 0 Å². The molecule has 1 saturated heterocycles. The van der Waals surface area contributed by atoms with Crippen LogP contribution in [0.15, 0.2) is 24.3 Å². The summed E-state index contributed by atoms with van der Waals surface area (Å²) < 4.78 is 34.7. The first-order chi connectivity index (χ1) is 9.22. The molecule has 1 aromatic carbocycles. The summed E-state index contributed by atoms with van der Waals surface area (Å²) in [6.45, 7) is -1.50. The third-order valence-electron chi connectivity index (χ3n) is 3.39. The normalized spacial score (nSPS) is 18.5. The highest BCUT2D eigenvalue weighted by Crippen LogP contribution is 2.34. The van der Waals surface area contributed by atoms with Crippen molar-refractivity contribution in [2.24, 2.45) is 11.8 Å². The summed E-state index contributed by atoms with van der Waals surface area (Å²) >= 11 is 0. The van der Waals surface area contributed by atoms with Crippen LogP contribution in [0, 0.1) is 5.92 Å². The number of nitrogens with one attached hydrogen (secondary N) is 1. The van der Waals surface area contributed by atoms with Crippen LogP contribution in [0.3, 0.4) is 0 Å². The SMILES string of the molecule is NNC(c1ccccc1OC(F)F)C1CCOCC1. The van der Waals surface area contributed by atoms with E-state index in [1.807, 2.05) is 0 Å². The third kappa shape index (κ3) is 3.62. The summed E-state index contributed by atoms with van der Waals surface area (Å²) in [4.78, 5) is 0. The van der Waals surface area contributed by atoms with E-state index in [0.29, 0.717) is 18.8 Å². The summed E-state index contributed by atoms with van der Waals surface area (Å²) in [5, 5.41) is 0. The van der Waals surface area contributed by atoms with E-state index < -0.39 is 6.61 Å². The second kappa shape index (κ2) is 6.79. The van der Waals surface area contributed by atoms with Crippen molar-refractivity contribution in [3.05, 3.63) is 29.8 Å². The van der Waals surface area contributed by atoms with Gasteiger partial charge in [0.1, 0.15) is 5.75 Å². The monoisotopic (exact) mass is 272 g/mol. The summed E-state index contributed by atoms with van der Waals surface area (Å²) in [7, 11) is 0. The van der Waals surface area contributed by atoms with E-state index in [4.69, 9.17) is 10.6 Å². The van der Waals surface area contributed by atoms with E-state index in [1.54, 1.807) is 18.2 Å². The van der Waals surface area contributed by atoms with Gasteiger partial charge in [0.25, 0.3) is 0 Å². The van der Waals surface area contributed by atoms with Gasteiger partial charge < -0.3 is 9.47 Å². The van der Waals surface area contributed by atoms with Gasteiger partial charge in [0.15, 0.2) is 0 Å². The Morgan fingerprint density at radius 2 is 1.95 bits per heavy atom. The van der Waals surface area contributed by atoms with Crippen molar-refractivity contribution in [2.75, 3.05) is 13.2 Å². The van der Waals surface area contributed by atoms with Gasteiger partial charge in [0.05, 0.1) is 6.04 Å². The number of ether oxygens (including phenoxy) is 2. The average molecular weight is 272 g/mol. The molecular weight excluding hydrogens is 254 g/mol. The van der Waals surface area contributed by atoms with Crippen LogP contribution in [-0.4, -0.2) is 19.8 Å².